The molecular weight excluding hydrogens is 308 g/mol. The van der Waals surface area contributed by atoms with Crippen molar-refractivity contribution in [3.63, 3.8) is 0 Å². The van der Waals surface area contributed by atoms with Crippen molar-refractivity contribution in [2.75, 3.05) is 6.54 Å². The third kappa shape index (κ3) is 2.68. The van der Waals surface area contributed by atoms with Crippen molar-refractivity contribution in [3.8, 4) is 6.07 Å². The molecule has 6 heteroatoms. The van der Waals surface area contributed by atoms with Crippen molar-refractivity contribution in [3.05, 3.63) is 28.8 Å². The highest BCUT2D eigenvalue weighted by Crippen LogP contribution is 2.67. The lowest BCUT2D eigenvalue weighted by Gasteiger charge is -2.08. The molecule has 0 atom stereocenters. The lowest BCUT2D eigenvalue weighted by Crippen LogP contribution is -2.27. The number of nitriles is 1. The fourth-order valence-electron chi connectivity index (χ4n) is 2.87. The molecule has 1 saturated carbocycles. The summed E-state index contributed by atoms with van der Waals surface area (Å²) in [5.74, 6) is 0.300. The van der Waals surface area contributed by atoms with Gasteiger partial charge in [0.15, 0.2) is 0 Å². The zero-order valence-electron chi connectivity index (χ0n) is 12.6. The Bertz CT molecular complexity index is 704. The average molecular weight is 327 g/mol. The van der Waals surface area contributed by atoms with Gasteiger partial charge in [-0.25, -0.2) is 13.1 Å². The van der Waals surface area contributed by atoms with E-state index in [0.29, 0.717) is 12.5 Å². The Balaban J connectivity index is 2.14. The molecule has 1 N–H and O–H groups in total. The zero-order valence-corrected chi connectivity index (χ0v) is 14.1. The summed E-state index contributed by atoms with van der Waals surface area (Å²) in [5.41, 5.74) is 0.510. The van der Waals surface area contributed by atoms with Gasteiger partial charge in [0.25, 0.3) is 0 Å². The molecule has 1 fully saturated rings. The van der Waals surface area contributed by atoms with E-state index in [-0.39, 0.29) is 26.3 Å². The SMILES string of the molecule is CC1(C)C(CNS(=O)(=O)c2ccc(C#N)c(Cl)c2)C1(C)C. The molecule has 2 rings (SSSR count). The van der Waals surface area contributed by atoms with E-state index in [1.54, 1.807) is 0 Å². The van der Waals surface area contributed by atoms with Gasteiger partial charge in [0, 0.05) is 6.54 Å². The van der Waals surface area contributed by atoms with E-state index in [9.17, 15) is 8.42 Å². The molecule has 0 radical (unpaired) electrons. The van der Waals surface area contributed by atoms with Crippen LogP contribution in [0.3, 0.4) is 0 Å². The van der Waals surface area contributed by atoms with Crippen molar-refractivity contribution >= 4 is 21.6 Å². The predicted molar refractivity (Wildman–Crippen MR) is 82.4 cm³/mol. The summed E-state index contributed by atoms with van der Waals surface area (Å²) in [6, 6.07) is 6.04. The van der Waals surface area contributed by atoms with Gasteiger partial charge in [-0.2, -0.15) is 5.26 Å². The molecule has 1 aliphatic carbocycles. The lowest BCUT2D eigenvalue weighted by molar-refractivity contribution is 0.457. The minimum atomic E-state index is -3.61. The molecule has 0 spiro atoms. The van der Waals surface area contributed by atoms with Gasteiger partial charge in [-0.1, -0.05) is 39.3 Å². The minimum absolute atomic E-state index is 0.0859. The summed E-state index contributed by atoms with van der Waals surface area (Å²) >= 11 is 5.89. The molecule has 0 heterocycles. The first-order valence-corrected chi connectivity index (χ1v) is 8.59. The van der Waals surface area contributed by atoms with Crippen molar-refractivity contribution in [2.24, 2.45) is 16.7 Å². The zero-order chi connectivity index (χ0) is 16.1. The van der Waals surface area contributed by atoms with E-state index >= 15 is 0 Å². The van der Waals surface area contributed by atoms with Crippen molar-refractivity contribution in [2.45, 2.75) is 32.6 Å². The molecule has 0 saturated heterocycles. The first-order chi connectivity index (χ1) is 9.54. The Morgan fingerprint density at radius 1 is 1.29 bits per heavy atom. The monoisotopic (exact) mass is 326 g/mol. The van der Waals surface area contributed by atoms with Crippen LogP contribution in [0.2, 0.25) is 5.02 Å². The van der Waals surface area contributed by atoms with Crippen molar-refractivity contribution in [1.82, 2.24) is 4.72 Å². The second kappa shape index (κ2) is 4.98. The van der Waals surface area contributed by atoms with Crippen LogP contribution in [0.5, 0.6) is 0 Å². The van der Waals surface area contributed by atoms with Crippen LogP contribution in [0.1, 0.15) is 33.3 Å². The first-order valence-electron chi connectivity index (χ1n) is 6.73. The maximum Gasteiger partial charge on any atom is 0.240 e. The van der Waals surface area contributed by atoms with Crippen LogP contribution in [-0.4, -0.2) is 15.0 Å². The van der Waals surface area contributed by atoms with Crippen LogP contribution >= 0.6 is 11.6 Å². The van der Waals surface area contributed by atoms with E-state index in [4.69, 9.17) is 16.9 Å². The number of benzene rings is 1. The number of rotatable bonds is 4. The van der Waals surface area contributed by atoms with Crippen LogP contribution < -0.4 is 4.72 Å². The third-order valence-electron chi connectivity index (χ3n) is 5.17. The molecule has 0 unspecified atom stereocenters. The van der Waals surface area contributed by atoms with Gasteiger partial charge in [-0.05, 0) is 34.9 Å². The number of nitrogens with zero attached hydrogens (tertiary/aromatic N) is 1. The molecule has 0 bridgehead atoms. The second-order valence-electron chi connectivity index (χ2n) is 6.60. The highest BCUT2D eigenvalue weighted by molar-refractivity contribution is 7.89. The number of sulfonamides is 1. The van der Waals surface area contributed by atoms with Gasteiger partial charge in [-0.3, -0.25) is 0 Å². The molecule has 0 amide bonds. The van der Waals surface area contributed by atoms with Gasteiger partial charge in [0.05, 0.1) is 15.5 Å². The standard InChI is InChI=1S/C15H19ClN2O2S/c1-14(2)13(15(14,3)4)9-18-21(19,20)11-6-5-10(8-17)12(16)7-11/h5-7,13,18H,9H2,1-4H3. The fraction of sp³-hybridized carbons (Fsp3) is 0.533. The fourth-order valence-corrected chi connectivity index (χ4v) is 4.23. The highest BCUT2D eigenvalue weighted by atomic mass is 35.5. The van der Waals surface area contributed by atoms with Crippen molar-refractivity contribution in [1.29, 1.82) is 5.26 Å². The molecular formula is C15H19ClN2O2S. The normalized spacial score (nSPS) is 20.0. The Labute approximate surface area is 131 Å². The summed E-state index contributed by atoms with van der Waals surface area (Å²) in [5, 5.41) is 8.96. The Morgan fingerprint density at radius 2 is 1.86 bits per heavy atom. The molecule has 21 heavy (non-hydrogen) atoms. The number of nitrogens with one attached hydrogen (secondary N) is 1. The van der Waals surface area contributed by atoms with E-state index in [0.717, 1.165) is 0 Å². The van der Waals surface area contributed by atoms with E-state index in [1.165, 1.54) is 18.2 Å². The number of halogens is 1. The number of hydrogen-bond acceptors (Lipinski definition) is 3. The summed E-state index contributed by atoms with van der Waals surface area (Å²) in [7, 11) is -3.61. The van der Waals surface area contributed by atoms with Gasteiger partial charge in [0.1, 0.15) is 6.07 Å². The van der Waals surface area contributed by atoms with Crippen molar-refractivity contribution < 1.29 is 8.42 Å². The van der Waals surface area contributed by atoms with Gasteiger partial charge in [-0.15, -0.1) is 0 Å². The molecule has 1 aromatic carbocycles. The third-order valence-corrected chi connectivity index (χ3v) is 6.90. The Morgan fingerprint density at radius 3 is 2.29 bits per heavy atom. The van der Waals surface area contributed by atoms with E-state index in [1.807, 2.05) is 6.07 Å². The van der Waals surface area contributed by atoms with Gasteiger partial charge < -0.3 is 0 Å². The quantitative estimate of drug-likeness (QED) is 0.923. The summed E-state index contributed by atoms with van der Waals surface area (Å²) in [6.07, 6.45) is 0. The second-order valence-corrected chi connectivity index (χ2v) is 8.78. The smallest absolute Gasteiger partial charge is 0.211 e. The largest absolute Gasteiger partial charge is 0.240 e. The first kappa shape index (κ1) is 16.3. The Kier molecular flexibility index (Phi) is 3.86. The molecule has 0 aliphatic heterocycles. The lowest BCUT2D eigenvalue weighted by atomic mass is 10.0. The molecule has 1 aliphatic rings. The van der Waals surface area contributed by atoms with Crippen LogP contribution in [0.4, 0.5) is 0 Å². The topological polar surface area (TPSA) is 70.0 Å². The summed E-state index contributed by atoms with van der Waals surface area (Å²) < 4.78 is 27.2. The molecule has 4 nitrogen and oxygen atoms in total. The average Bonchev–Trinajstić information content (AvgIpc) is 2.77. The van der Waals surface area contributed by atoms with Crippen LogP contribution in [-0.2, 0) is 10.0 Å². The maximum absolute atomic E-state index is 12.3. The van der Waals surface area contributed by atoms with E-state index < -0.39 is 10.0 Å². The van der Waals surface area contributed by atoms with Gasteiger partial charge >= 0.3 is 0 Å². The molecule has 0 aromatic heterocycles. The van der Waals surface area contributed by atoms with Crippen LogP contribution in [0, 0.1) is 28.1 Å². The number of hydrogen-bond donors (Lipinski definition) is 1. The van der Waals surface area contributed by atoms with E-state index in [2.05, 4.69) is 32.4 Å². The minimum Gasteiger partial charge on any atom is -0.211 e. The maximum atomic E-state index is 12.3. The van der Waals surface area contributed by atoms with Crippen LogP contribution in [0.25, 0.3) is 0 Å². The summed E-state index contributed by atoms with van der Waals surface area (Å²) in [6.45, 7) is 8.98. The highest BCUT2D eigenvalue weighted by Gasteiger charge is 2.64. The van der Waals surface area contributed by atoms with Gasteiger partial charge in [0.2, 0.25) is 10.0 Å². The predicted octanol–water partition coefficient (Wildman–Crippen LogP) is 3.17. The summed E-state index contributed by atoms with van der Waals surface area (Å²) in [4.78, 5) is 0.0859. The van der Waals surface area contributed by atoms with Crippen LogP contribution in [0.15, 0.2) is 23.1 Å². The molecule has 114 valence electrons. The Hall–Kier alpha value is -1.09. The molecule has 1 aromatic rings.